The summed E-state index contributed by atoms with van der Waals surface area (Å²) >= 11 is 0. The first-order valence-corrected chi connectivity index (χ1v) is 10.0. The minimum Gasteiger partial charge on any atom is -0.459 e. The smallest absolute Gasteiger partial charge is 0.289 e. The molecule has 29 heavy (non-hydrogen) atoms. The first-order valence-electron chi connectivity index (χ1n) is 10.0. The molecule has 0 radical (unpaired) electrons. The molecule has 6 heteroatoms. The lowest BCUT2D eigenvalue weighted by atomic mass is 9.90. The minimum atomic E-state index is -0.0761. The van der Waals surface area contributed by atoms with Crippen LogP contribution in [0, 0.1) is 12.8 Å². The predicted molar refractivity (Wildman–Crippen MR) is 111 cm³/mol. The van der Waals surface area contributed by atoms with Gasteiger partial charge >= 0.3 is 0 Å². The summed E-state index contributed by atoms with van der Waals surface area (Å²) in [6, 6.07) is 9.40. The summed E-state index contributed by atoms with van der Waals surface area (Å²) in [6.45, 7) is 5.29. The van der Waals surface area contributed by atoms with Crippen molar-refractivity contribution in [3.05, 3.63) is 65.9 Å². The molecule has 6 nitrogen and oxygen atoms in total. The number of rotatable bonds is 4. The Labute approximate surface area is 169 Å². The van der Waals surface area contributed by atoms with E-state index in [0.29, 0.717) is 30.3 Å². The van der Waals surface area contributed by atoms with Crippen LogP contribution in [0.2, 0.25) is 0 Å². The number of nitrogens with one attached hydrogen (secondary N) is 1. The maximum atomic E-state index is 12.7. The second-order valence-corrected chi connectivity index (χ2v) is 7.82. The van der Waals surface area contributed by atoms with Crippen molar-refractivity contribution in [2.75, 3.05) is 13.1 Å². The molecular weight excluding hydrogens is 366 g/mol. The number of hydrogen-bond acceptors (Lipinski definition) is 4. The lowest BCUT2D eigenvalue weighted by Crippen LogP contribution is -2.45. The van der Waals surface area contributed by atoms with Gasteiger partial charge in [-0.15, -0.1) is 0 Å². The highest BCUT2D eigenvalue weighted by Gasteiger charge is 2.28. The number of furan rings is 1. The SMILES string of the molecule is Cc1coc(C(=O)N2CCC(C(C)NC(=O)c3ccc4ccncc4c3)CC2)c1. The van der Waals surface area contributed by atoms with Crippen molar-refractivity contribution < 1.29 is 14.0 Å². The second kappa shape index (κ2) is 8.07. The quantitative estimate of drug-likeness (QED) is 0.734. The molecular formula is C23H25N3O3. The molecule has 3 aromatic rings. The lowest BCUT2D eigenvalue weighted by Gasteiger charge is -2.34. The number of carbonyl (C=O) groups excluding carboxylic acids is 2. The third-order valence-electron chi connectivity index (χ3n) is 5.74. The van der Waals surface area contributed by atoms with E-state index in [4.69, 9.17) is 4.42 Å². The summed E-state index contributed by atoms with van der Waals surface area (Å²) in [5.41, 5.74) is 1.59. The molecule has 2 aromatic heterocycles. The van der Waals surface area contributed by atoms with E-state index in [-0.39, 0.29) is 17.9 Å². The van der Waals surface area contributed by atoms with E-state index in [1.54, 1.807) is 24.7 Å². The first-order chi connectivity index (χ1) is 14.0. The molecule has 4 rings (SSSR count). The van der Waals surface area contributed by atoms with Crippen molar-refractivity contribution in [1.82, 2.24) is 15.2 Å². The van der Waals surface area contributed by atoms with Crippen LogP contribution in [0.25, 0.3) is 10.8 Å². The Morgan fingerprint density at radius 1 is 1.17 bits per heavy atom. The molecule has 1 aliphatic heterocycles. The number of likely N-dealkylation sites (tertiary alicyclic amines) is 1. The number of amides is 2. The zero-order valence-corrected chi connectivity index (χ0v) is 16.7. The number of piperidine rings is 1. The molecule has 0 saturated carbocycles. The van der Waals surface area contributed by atoms with Gasteiger partial charge < -0.3 is 14.6 Å². The molecule has 0 spiro atoms. The Morgan fingerprint density at radius 2 is 1.97 bits per heavy atom. The zero-order valence-electron chi connectivity index (χ0n) is 16.7. The Hall–Kier alpha value is -3.15. The number of aromatic nitrogens is 1. The summed E-state index contributed by atoms with van der Waals surface area (Å²) in [4.78, 5) is 31.2. The van der Waals surface area contributed by atoms with Crippen LogP contribution < -0.4 is 5.32 Å². The van der Waals surface area contributed by atoms with Crippen molar-refractivity contribution in [3.8, 4) is 0 Å². The third kappa shape index (κ3) is 4.16. The molecule has 2 amide bonds. The molecule has 0 aliphatic carbocycles. The van der Waals surface area contributed by atoms with E-state index in [1.165, 1.54) is 0 Å². The summed E-state index contributed by atoms with van der Waals surface area (Å²) in [5, 5.41) is 5.14. The molecule has 0 bridgehead atoms. The standard InChI is InChI=1S/C23H25N3O3/c1-15-11-21(29-14-15)23(28)26-9-6-17(7-10-26)16(2)25-22(27)19-4-3-18-5-8-24-13-20(18)12-19/h3-5,8,11-14,16-17H,6-7,9-10H2,1-2H3,(H,25,27). The number of carbonyl (C=O) groups is 2. The van der Waals surface area contributed by atoms with Gasteiger partial charge in [0.2, 0.25) is 0 Å². The van der Waals surface area contributed by atoms with E-state index < -0.39 is 0 Å². The molecule has 1 atom stereocenters. The van der Waals surface area contributed by atoms with Crippen LogP contribution in [-0.4, -0.2) is 40.8 Å². The van der Waals surface area contributed by atoms with Gasteiger partial charge in [-0.1, -0.05) is 6.07 Å². The highest BCUT2D eigenvalue weighted by molar-refractivity contribution is 5.98. The zero-order chi connectivity index (χ0) is 20.4. The highest BCUT2D eigenvalue weighted by Crippen LogP contribution is 2.23. The van der Waals surface area contributed by atoms with Crippen molar-refractivity contribution >= 4 is 22.6 Å². The maximum Gasteiger partial charge on any atom is 0.289 e. The number of aryl methyl sites for hydroxylation is 1. The second-order valence-electron chi connectivity index (χ2n) is 7.82. The van der Waals surface area contributed by atoms with Crippen LogP contribution in [0.3, 0.4) is 0 Å². The fraction of sp³-hybridized carbons (Fsp3) is 0.348. The fourth-order valence-corrected chi connectivity index (χ4v) is 3.94. The van der Waals surface area contributed by atoms with Crippen LogP contribution >= 0.6 is 0 Å². The molecule has 1 unspecified atom stereocenters. The number of fused-ring (bicyclic) bond motifs is 1. The average Bonchev–Trinajstić information content (AvgIpc) is 3.19. The fourth-order valence-electron chi connectivity index (χ4n) is 3.94. The summed E-state index contributed by atoms with van der Waals surface area (Å²) in [5.74, 6) is 0.599. The van der Waals surface area contributed by atoms with Gasteiger partial charge in [-0.2, -0.15) is 0 Å². The number of pyridine rings is 1. The third-order valence-corrected chi connectivity index (χ3v) is 5.74. The average molecular weight is 391 g/mol. The van der Waals surface area contributed by atoms with Gasteiger partial charge in [0, 0.05) is 42.5 Å². The molecule has 3 heterocycles. The summed E-state index contributed by atoms with van der Waals surface area (Å²) in [6.07, 6.45) is 6.82. The molecule has 1 aromatic carbocycles. The number of benzene rings is 1. The van der Waals surface area contributed by atoms with Gasteiger partial charge in [0.15, 0.2) is 5.76 Å². The van der Waals surface area contributed by atoms with Crippen LogP contribution in [-0.2, 0) is 0 Å². The van der Waals surface area contributed by atoms with Crippen LogP contribution in [0.15, 0.2) is 53.4 Å². The molecule has 150 valence electrons. The van der Waals surface area contributed by atoms with Gasteiger partial charge in [-0.3, -0.25) is 14.6 Å². The monoisotopic (exact) mass is 391 g/mol. The van der Waals surface area contributed by atoms with Crippen LogP contribution in [0.4, 0.5) is 0 Å². The van der Waals surface area contributed by atoms with Crippen LogP contribution in [0.5, 0.6) is 0 Å². The van der Waals surface area contributed by atoms with Gasteiger partial charge in [0.05, 0.1) is 6.26 Å². The topological polar surface area (TPSA) is 75.4 Å². The Morgan fingerprint density at radius 3 is 2.69 bits per heavy atom. The van der Waals surface area contributed by atoms with Crippen molar-refractivity contribution in [3.63, 3.8) is 0 Å². The van der Waals surface area contributed by atoms with Gasteiger partial charge in [0.25, 0.3) is 11.8 Å². The molecule has 1 fully saturated rings. The van der Waals surface area contributed by atoms with Gasteiger partial charge in [0.1, 0.15) is 0 Å². The summed E-state index contributed by atoms with van der Waals surface area (Å²) in [7, 11) is 0. The van der Waals surface area contributed by atoms with Crippen molar-refractivity contribution in [2.45, 2.75) is 32.7 Å². The molecule has 1 N–H and O–H groups in total. The maximum absolute atomic E-state index is 12.7. The number of nitrogens with zero attached hydrogens (tertiary/aromatic N) is 2. The van der Waals surface area contributed by atoms with Crippen molar-refractivity contribution in [1.29, 1.82) is 0 Å². The van der Waals surface area contributed by atoms with Gasteiger partial charge in [-0.05, 0) is 67.8 Å². The Balaban J connectivity index is 1.33. The van der Waals surface area contributed by atoms with Crippen molar-refractivity contribution in [2.24, 2.45) is 5.92 Å². The van der Waals surface area contributed by atoms with E-state index in [1.807, 2.05) is 43.0 Å². The largest absolute Gasteiger partial charge is 0.459 e. The predicted octanol–water partition coefficient (Wildman–Crippen LogP) is 3.81. The van der Waals surface area contributed by atoms with Crippen LogP contribution in [0.1, 0.15) is 46.2 Å². The lowest BCUT2D eigenvalue weighted by molar-refractivity contribution is 0.0633. The first kappa shape index (κ1) is 19.2. The van der Waals surface area contributed by atoms with E-state index >= 15 is 0 Å². The van der Waals surface area contributed by atoms with E-state index in [9.17, 15) is 9.59 Å². The number of hydrogen-bond donors (Lipinski definition) is 1. The Kier molecular flexibility index (Phi) is 5.34. The molecule has 1 aliphatic rings. The van der Waals surface area contributed by atoms with E-state index in [2.05, 4.69) is 10.3 Å². The minimum absolute atomic E-state index is 0.0372. The molecule has 1 saturated heterocycles. The highest BCUT2D eigenvalue weighted by atomic mass is 16.3. The normalized spacial score (nSPS) is 16.0. The Bertz CT molecular complexity index is 1030. The van der Waals surface area contributed by atoms with Gasteiger partial charge in [-0.25, -0.2) is 0 Å². The summed E-state index contributed by atoms with van der Waals surface area (Å²) < 4.78 is 5.33. The van der Waals surface area contributed by atoms with E-state index in [0.717, 1.165) is 29.2 Å².